The number of benzene rings is 1. The second kappa shape index (κ2) is 9.73. The first-order valence-corrected chi connectivity index (χ1v) is 11.0. The minimum absolute atomic E-state index is 0.0922. The summed E-state index contributed by atoms with van der Waals surface area (Å²) >= 11 is 6.20. The SMILES string of the molecule is CC(C)(C)OC(=O)NCC1(NC(=O)CCc2ncc(-c3ccccc3Cl)o2)CCCC1. The summed E-state index contributed by atoms with van der Waals surface area (Å²) in [5.41, 5.74) is -0.229. The summed E-state index contributed by atoms with van der Waals surface area (Å²) in [5, 5.41) is 6.52. The van der Waals surface area contributed by atoms with Crippen molar-refractivity contribution in [3.8, 4) is 11.3 Å². The summed E-state index contributed by atoms with van der Waals surface area (Å²) in [7, 11) is 0. The van der Waals surface area contributed by atoms with E-state index in [4.69, 9.17) is 20.8 Å². The fourth-order valence-corrected chi connectivity index (χ4v) is 3.97. The zero-order chi connectivity index (χ0) is 22.5. The molecule has 7 nitrogen and oxygen atoms in total. The van der Waals surface area contributed by atoms with Gasteiger partial charge in [-0.1, -0.05) is 36.6 Å². The van der Waals surface area contributed by atoms with Crippen LogP contribution < -0.4 is 10.6 Å². The van der Waals surface area contributed by atoms with Crippen molar-refractivity contribution >= 4 is 23.6 Å². The summed E-state index contributed by atoms with van der Waals surface area (Å²) in [4.78, 5) is 28.9. The summed E-state index contributed by atoms with van der Waals surface area (Å²) in [6.45, 7) is 5.81. The number of carbonyl (C=O) groups excluding carboxylic acids is 2. The van der Waals surface area contributed by atoms with E-state index in [-0.39, 0.29) is 12.3 Å². The van der Waals surface area contributed by atoms with Crippen molar-refractivity contribution in [3.63, 3.8) is 0 Å². The molecule has 0 aliphatic heterocycles. The van der Waals surface area contributed by atoms with Crippen LogP contribution in [0.3, 0.4) is 0 Å². The normalized spacial score (nSPS) is 15.5. The van der Waals surface area contributed by atoms with Crippen molar-refractivity contribution in [2.24, 2.45) is 0 Å². The third kappa shape index (κ3) is 6.72. The van der Waals surface area contributed by atoms with Crippen LogP contribution in [0.5, 0.6) is 0 Å². The number of oxazole rings is 1. The molecule has 0 saturated heterocycles. The Labute approximate surface area is 187 Å². The Kier molecular flexibility index (Phi) is 7.26. The van der Waals surface area contributed by atoms with Gasteiger partial charge >= 0.3 is 6.09 Å². The van der Waals surface area contributed by atoms with E-state index in [0.29, 0.717) is 29.6 Å². The van der Waals surface area contributed by atoms with Gasteiger partial charge in [-0.2, -0.15) is 0 Å². The highest BCUT2D eigenvalue weighted by Crippen LogP contribution is 2.30. The quantitative estimate of drug-likeness (QED) is 0.630. The molecular weight excluding hydrogens is 418 g/mol. The van der Waals surface area contributed by atoms with E-state index < -0.39 is 17.2 Å². The molecule has 8 heteroatoms. The Morgan fingerprint density at radius 1 is 1.23 bits per heavy atom. The fourth-order valence-electron chi connectivity index (χ4n) is 3.74. The average molecular weight is 448 g/mol. The summed E-state index contributed by atoms with van der Waals surface area (Å²) in [6.07, 6.45) is 5.45. The number of rotatable bonds is 7. The Bertz CT molecular complexity index is 914. The lowest BCUT2D eigenvalue weighted by atomic mass is 9.97. The molecule has 1 saturated carbocycles. The van der Waals surface area contributed by atoms with E-state index in [1.54, 1.807) is 12.3 Å². The Hall–Kier alpha value is -2.54. The topological polar surface area (TPSA) is 93.5 Å². The zero-order valence-electron chi connectivity index (χ0n) is 18.3. The summed E-state index contributed by atoms with van der Waals surface area (Å²) in [5.74, 6) is 0.970. The standard InChI is InChI=1S/C23H30ClN3O4/c1-22(2,3)31-21(29)26-15-23(12-6-7-13-23)27-19(28)10-11-20-25-14-18(30-20)16-8-4-5-9-17(16)24/h4-5,8-9,14H,6-7,10-13,15H2,1-3H3,(H,26,29)(H,27,28). The van der Waals surface area contributed by atoms with Gasteiger partial charge in [0.1, 0.15) is 5.60 Å². The molecule has 168 valence electrons. The van der Waals surface area contributed by atoms with E-state index in [2.05, 4.69) is 15.6 Å². The lowest BCUT2D eigenvalue weighted by Gasteiger charge is -2.31. The molecule has 31 heavy (non-hydrogen) atoms. The molecule has 0 atom stereocenters. The van der Waals surface area contributed by atoms with Crippen LogP contribution in [-0.2, 0) is 16.0 Å². The lowest BCUT2D eigenvalue weighted by Crippen LogP contribution is -2.54. The number of amides is 2. The number of aromatic nitrogens is 1. The number of nitrogens with one attached hydrogen (secondary N) is 2. The predicted molar refractivity (Wildman–Crippen MR) is 119 cm³/mol. The second-order valence-electron chi connectivity index (χ2n) is 8.99. The molecule has 1 aromatic heterocycles. The molecule has 1 aliphatic rings. The maximum absolute atomic E-state index is 12.6. The number of aryl methyl sites for hydroxylation is 1. The van der Waals surface area contributed by atoms with Gasteiger partial charge in [-0.25, -0.2) is 9.78 Å². The van der Waals surface area contributed by atoms with Crippen LogP contribution in [0, 0.1) is 0 Å². The van der Waals surface area contributed by atoms with E-state index in [1.165, 1.54) is 0 Å². The number of ether oxygens (including phenoxy) is 1. The van der Waals surface area contributed by atoms with Gasteiger partial charge in [-0.05, 0) is 45.7 Å². The summed E-state index contributed by atoms with van der Waals surface area (Å²) < 4.78 is 11.1. The van der Waals surface area contributed by atoms with Crippen LogP contribution in [-0.4, -0.2) is 34.7 Å². The van der Waals surface area contributed by atoms with Crippen molar-refractivity contribution in [2.45, 2.75) is 70.4 Å². The Balaban J connectivity index is 1.53. The van der Waals surface area contributed by atoms with Crippen LogP contribution in [0.15, 0.2) is 34.9 Å². The molecule has 0 bridgehead atoms. The molecule has 0 spiro atoms. The minimum Gasteiger partial charge on any atom is -0.444 e. The van der Waals surface area contributed by atoms with Gasteiger partial charge in [0.2, 0.25) is 5.91 Å². The number of hydrogen-bond donors (Lipinski definition) is 2. The van der Waals surface area contributed by atoms with Gasteiger partial charge in [0.25, 0.3) is 0 Å². The van der Waals surface area contributed by atoms with Gasteiger partial charge < -0.3 is 19.8 Å². The molecule has 2 aromatic rings. The van der Waals surface area contributed by atoms with Crippen LogP contribution >= 0.6 is 11.6 Å². The predicted octanol–water partition coefficient (Wildman–Crippen LogP) is 4.88. The lowest BCUT2D eigenvalue weighted by molar-refractivity contribution is -0.123. The second-order valence-corrected chi connectivity index (χ2v) is 9.40. The molecule has 1 fully saturated rings. The number of nitrogens with zero attached hydrogens (tertiary/aromatic N) is 1. The Morgan fingerprint density at radius 2 is 1.94 bits per heavy atom. The maximum Gasteiger partial charge on any atom is 0.407 e. The molecule has 1 aliphatic carbocycles. The maximum atomic E-state index is 12.6. The number of halogens is 1. The number of carbonyl (C=O) groups is 2. The number of hydrogen-bond acceptors (Lipinski definition) is 5. The molecule has 0 radical (unpaired) electrons. The van der Waals surface area contributed by atoms with Crippen molar-refractivity contribution in [1.29, 1.82) is 0 Å². The fraction of sp³-hybridized carbons (Fsp3) is 0.522. The van der Waals surface area contributed by atoms with Gasteiger partial charge in [-0.3, -0.25) is 4.79 Å². The third-order valence-corrected chi connectivity index (χ3v) is 5.52. The highest BCUT2D eigenvalue weighted by atomic mass is 35.5. The molecular formula is C23H30ClN3O4. The van der Waals surface area contributed by atoms with E-state index >= 15 is 0 Å². The first kappa shape index (κ1) is 23.1. The van der Waals surface area contributed by atoms with Gasteiger partial charge in [0.15, 0.2) is 11.7 Å². The van der Waals surface area contributed by atoms with Crippen LogP contribution in [0.4, 0.5) is 4.79 Å². The number of alkyl carbamates (subject to hydrolysis) is 1. The van der Waals surface area contributed by atoms with Crippen molar-refractivity contribution in [1.82, 2.24) is 15.6 Å². The highest BCUT2D eigenvalue weighted by Gasteiger charge is 2.36. The smallest absolute Gasteiger partial charge is 0.407 e. The van der Waals surface area contributed by atoms with Crippen LogP contribution in [0.2, 0.25) is 5.02 Å². The average Bonchev–Trinajstić information content (AvgIpc) is 3.34. The molecule has 3 rings (SSSR count). The van der Waals surface area contributed by atoms with E-state index in [0.717, 1.165) is 31.2 Å². The highest BCUT2D eigenvalue weighted by molar-refractivity contribution is 6.33. The van der Waals surface area contributed by atoms with Gasteiger partial charge in [0, 0.05) is 24.9 Å². The third-order valence-electron chi connectivity index (χ3n) is 5.19. The Morgan fingerprint density at radius 3 is 2.61 bits per heavy atom. The summed E-state index contributed by atoms with van der Waals surface area (Å²) in [6, 6.07) is 7.38. The molecule has 2 amide bonds. The first-order valence-electron chi connectivity index (χ1n) is 10.6. The van der Waals surface area contributed by atoms with Crippen molar-refractivity contribution < 1.29 is 18.7 Å². The van der Waals surface area contributed by atoms with Gasteiger partial charge in [-0.15, -0.1) is 0 Å². The minimum atomic E-state index is -0.560. The van der Waals surface area contributed by atoms with Gasteiger partial charge in [0.05, 0.1) is 16.8 Å². The van der Waals surface area contributed by atoms with Crippen molar-refractivity contribution in [2.75, 3.05) is 6.54 Å². The molecule has 2 N–H and O–H groups in total. The molecule has 1 heterocycles. The van der Waals surface area contributed by atoms with E-state index in [1.807, 2.05) is 39.0 Å². The molecule has 1 aromatic carbocycles. The zero-order valence-corrected chi connectivity index (χ0v) is 19.1. The van der Waals surface area contributed by atoms with Crippen molar-refractivity contribution in [3.05, 3.63) is 41.4 Å². The molecule has 0 unspecified atom stereocenters. The first-order chi connectivity index (χ1) is 14.7. The largest absolute Gasteiger partial charge is 0.444 e. The van der Waals surface area contributed by atoms with Crippen LogP contribution in [0.1, 0.15) is 58.8 Å². The van der Waals surface area contributed by atoms with Crippen LogP contribution in [0.25, 0.3) is 11.3 Å². The monoisotopic (exact) mass is 447 g/mol. The van der Waals surface area contributed by atoms with E-state index in [9.17, 15) is 9.59 Å².